The maximum Gasteiger partial charge on any atom is 0.234 e. The fraction of sp³-hybridized carbons (Fsp3) is 0.385. The van der Waals surface area contributed by atoms with Crippen LogP contribution in [0.3, 0.4) is 0 Å². The minimum absolute atomic E-state index is 0.179. The molecule has 1 aromatic rings. The highest BCUT2D eigenvalue weighted by molar-refractivity contribution is 8.23. The number of nitrogens with zero attached hydrogens (tertiary/aromatic N) is 1. The number of hydrogen-bond acceptors (Lipinski definition) is 3. The summed E-state index contributed by atoms with van der Waals surface area (Å²) in [7, 11) is 0. The summed E-state index contributed by atoms with van der Waals surface area (Å²) < 4.78 is 0.767. The van der Waals surface area contributed by atoms with Crippen LogP contribution in [0.4, 0.5) is 5.69 Å². The number of anilines is 1. The molecule has 1 N–H and O–H groups in total. The van der Waals surface area contributed by atoms with E-state index in [0.29, 0.717) is 20.8 Å². The van der Waals surface area contributed by atoms with Gasteiger partial charge in [-0.25, -0.2) is 0 Å². The van der Waals surface area contributed by atoms with Gasteiger partial charge in [0.05, 0.1) is 26.5 Å². The van der Waals surface area contributed by atoms with Gasteiger partial charge in [-0.05, 0) is 25.0 Å². The molecule has 0 saturated carbocycles. The molecule has 0 radical (unpaired) electrons. The Kier molecular flexibility index (Phi) is 6.44. The summed E-state index contributed by atoms with van der Waals surface area (Å²) in [5.41, 5.74) is 0.448. The molecule has 1 fully saturated rings. The van der Waals surface area contributed by atoms with E-state index in [1.54, 1.807) is 0 Å². The first kappa shape index (κ1) is 17.2. The van der Waals surface area contributed by atoms with Crippen LogP contribution in [-0.2, 0) is 4.79 Å². The Labute approximate surface area is 148 Å². The smallest absolute Gasteiger partial charge is 0.234 e. The molecule has 1 aliphatic heterocycles. The fourth-order valence-corrected chi connectivity index (χ4v) is 3.57. The fourth-order valence-electron chi connectivity index (χ4n) is 1.92. The molecule has 1 heterocycles. The maximum absolute atomic E-state index is 11.9. The van der Waals surface area contributed by atoms with Gasteiger partial charge in [0.25, 0.3) is 0 Å². The van der Waals surface area contributed by atoms with E-state index in [0.717, 1.165) is 30.3 Å². The number of nitrogens with one attached hydrogen (secondary N) is 1. The molecule has 1 aliphatic rings. The second-order valence-electron chi connectivity index (χ2n) is 4.54. The first-order valence-corrected chi connectivity index (χ1v) is 8.86. The molecular formula is C13H13Cl3N2OS2. The number of carbonyl (C=O) groups excluding carboxylic acids is 1. The molecule has 0 bridgehead atoms. The average Bonchev–Trinajstić information content (AvgIpc) is 2.96. The van der Waals surface area contributed by atoms with Gasteiger partial charge in [-0.2, -0.15) is 0 Å². The van der Waals surface area contributed by atoms with Crippen molar-refractivity contribution in [3.05, 3.63) is 27.2 Å². The zero-order valence-corrected chi connectivity index (χ0v) is 14.9. The van der Waals surface area contributed by atoms with Crippen molar-refractivity contribution < 1.29 is 4.79 Å². The van der Waals surface area contributed by atoms with Gasteiger partial charge in [0.1, 0.15) is 4.32 Å². The quantitative estimate of drug-likeness (QED) is 0.606. The van der Waals surface area contributed by atoms with Crippen molar-refractivity contribution in [1.82, 2.24) is 4.90 Å². The first-order valence-electron chi connectivity index (χ1n) is 6.33. The lowest BCUT2D eigenvalue weighted by Crippen LogP contribution is -2.25. The summed E-state index contributed by atoms with van der Waals surface area (Å²) in [5.74, 6) is 0.0631. The number of carbonyl (C=O) groups is 1. The second-order valence-corrected chi connectivity index (χ2v) is 7.37. The van der Waals surface area contributed by atoms with Crippen LogP contribution in [0, 0.1) is 0 Å². The Hall–Kier alpha value is -0.200. The minimum Gasteiger partial charge on any atom is -0.358 e. The van der Waals surface area contributed by atoms with E-state index in [2.05, 4.69) is 10.2 Å². The van der Waals surface area contributed by atoms with Crippen molar-refractivity contribution >= 4 is 74.7 Å². The van der Waals surface area contributed by atoms with E-state index >= 15 is 0 Å². The van der Waals surface area contributed by atoms with Crippen LogP contribution in [-0.4, -0.2) is 34.0 Å². The summed E-state index contributed by atoms with van der Waals surface area (Å²) in [6.45, 7) is 1.96. The molecule has 1 saturated heterocycles. The molecule has 0 atom stereocenters. The molecule has 2 rings (SSSR count). The standard InChI is InChI=1S/C13H13Cl3N2OS2/c14-8-5-10(16)11(6-9(8)15)17-12(19)7-21-13(20)18-3-1-2-4-18/h5-6H,1-4,7H2,(H,17,19). The number of thiocarbonyl (C=S) groups is 1. The van der Waals surface area contributed by atoms with E-state index in [1.807, 2.05) is 0 Å². The average molecular weight is 384 g/mol. The van der Waals surface area contributed by atoms with Crippen LogP contribution in [0.25, 0.3) is 0 Å². The Morgan fingerprint density at radius 2 is 1.81 bits per heavy atom. The summed E-state index contributed by atoms with van der Waals surface area (Å²) >= 11 is 24.4. The molecule has 1 aromatic carbocycles. The van der Waals surface area contributed by atoms with E-state index in [-0.39, 0.29) is 11.7 Å². The van der Waals surface area contributed by atoms with Crippen molar-refractivity contribution in [1.29, 1.82) is 0 Å². The summed E-state index contributed by atoms with van der Waals surface area (Å²) in [5, 5.41) is 3.76. The number of likely N-dealkylation sites (tertiary alicyclic amines) is 1. The third-order valence-corrected chi connectivity index (χ3v) is 5.53. The van der Waals surface area contributed by atoms with Gasteiger partial charge in [0.15, 0.2) is 0 Å². The van der Waals surface area contributed by atoms with E-state index in [9.17, 15) is 4.79 Å². The van der Waals surface area contributed by atoms with Gasteiger partial charge < -0.3 is 10.2 Å². The minimum atomic E-state index is -0.179. The molecule has 0 spiro atoms. The van der Waals surface area contributed by atoms with E-state index in [4.69, 9.17) is 47.0 Å². The SMILES string of the molecule is O=C(CSC(=S)N1CCCC1)Nc1cc(Cl)c(Cl)cc1Cl. The van der Waals surface area contributed by atoms with Crippen molar-refractivity contribution in [2.24, 2.45) is 0 Å². The third kappa shape index (κ3) is 4.89. The highest BCUT2D eigenvalue weighted by Gasteiger charge is 2.16. The molecule has 21 heavy (non-hydrogen) atoms. The van der Waals surface area contributed by atoms with E-state index < -0.39 is 0 Å². The van der Waals surface area contributed by atoms with Gasteiger partial charge in [-0.1, -0.05) is 58.8 Å². The topological polar surface area (TPSA) is 32.3 Å². The van der Waals surface area contributed by atoms with Gasteiger partial charge >= 0.3 is 0 Å². The first-order chi connectivity index (χ1) is 9.97. The number of amides is 1. The molecule has 3 nitrogen and oxygen atoms in total. The lowest BCUT2D eigenvalue weighted by Gasteiger charge is -2.17. The predicted octanol–water partition coefficient (Wildman–Crippen LogP) is 4.70. The third-order valence-electron chi connectivity index (χ3n) is 2.98. The Balaban J connectivity index is 1.87. The van der Waals surface area contributed by atoms with Crippen LogP contribution < -0.4 is 5.32 Å². The lowest BCUT2D eigenvalue weighted by atomic mass is 10.3. The van der Waals surface area contributed by atoms with Gasteiger partial charge in [-0.3, -0.25) is 4.79 Å². The van der Waals surface area contributed by atoms with Crippen molar-refractivity contribution in [3.63, 3.8) is 0 Å². The van der Waals surface area contributed by atoms with Crippen LogP contribution in [0.2, 0.25) is 15.1 Å². The number of benzene rings is 1. The molecular weight excluding hydrogens is 371 g/mol. The number of thioether (sulfide) groups is 1. The van der Waals surface area contributed by atoms with Gasteiger partial charge in [0.2, 0.25) is 5.91 Å². The van der Waals surface area contributed by atoms with Crippen molar-refractivity contribution in [2.45, 2.75) is 12.8 Å². The molecule has 0 aliphatic carbocycles. The van der Waals surface area contributed by atoms with Crippen LogP contribution in [0.5, 0.6) is 0 Å². The molecule has 8 heteroatoms. The lowest BCUT2D eigenvalue weighted by molar-refractivity contribution is -0.113. The second kappa shape index (κ2) is 7.88. The monoisotopic (exact) mass is 382 g/mol. The van der Waals surface area contributed by atoms with Crippen LogP contribution in [0.1, 0.15) is 12.8 Å². The van der Waals surface area contributed by atoms with E-state index in [1.165, 1.54) is 23.9 Å². The molecule has 0 unspecified atom stereocenters. The zero-order valence-electron chi connectivity index (χ0n) is 11.0. The Bertz CT molecular complexity index is 563. The van der Waals surface area contributed by atoms with Crippen LogP contribution in [0.15, 0.2) is 12.1 Å². The van der Waals surface area contributed by atoms with Crippen molar-refractivity contribution in [2.75, 3.05) is 24.2 Å². The van der Waals surface area contributed by atoms with Gasteiger partial charge in [0, 0.05) is 13.1 Å². The number of rotatable bonds is 3. The maximum atomic E-state index is 11.9. The van der Waals surface area contributed by atoms with Gasteiger partial charge in [-0.15, -0.1) is 0 Å². The normalized spacial score (nSPS) is 14.3. The van der Waals surface area contributed by atoms with Crippen LogP contribution >= 0.6 is 58.8 Å². The predicted molar refractivity (Wildman–Crippen MR) is 96.0 cm³/mol. The molecule has 114 valence electrons. The largest absolute Gasteiger partial charge is 0.358 e. The summed E-state index contributed by atoms with van der Waals surface area (Å²) in [4.78, 5) is 14.1. The highest BCUT2D eigenvalue weighted by atomic mass is 35.5. The van der Waals surface area contributed by atoms with Crippen molar-refractivity contribution in [3.8, 4) is 0 Å². The molecule has 1 amide bonds. The number of hydrogen-bond donors (Lipinski definition) is 1. The summed E-state index contributed by atoms with van der Waals surface area (Å²) in [6.07, 6.45) is 2.32. The number of halogens is 3. The molecule has 0 aromatic heterocycles. The zero-order chi connectivity index (χ0) is 15.4. The Morgan fingerprint density at radius 1 is 1.19 bits per heavy atom. The summed E-state index contributed by atoms with van der Waals surface area (Å²) in [6, 6.07) is 3.04. The highest BCUT2D eigenvalue weighted by Crippen LogP contribution is 2.32. The Morgan fingerprint density at radius 3 is 2.48 bits per heavy atom.